The van der Waals surface area contributed by atoms with Crippen LogP contribution in [0.4, 0.5) is 0 Å². The molecule has 0 saturated carbocycles. The highest BCUT2D eigenvalue weighted by molar-refractivity contribution is 5.75. The van der Waals surface area contributed by atoms with E-state index >= 15 is 0 Å². The maximum Gasteiger partial charge on any atom is 0.322 e. The maximum absolute atomic E-state index is 11.2. The molecule has 5 heteroatoms. The van der Waals surface area contributed by atoms with Crippen LogP contribution in [0.2, 0.25) is 0 Å². The van der Waals surface area contributed by atoms with Crippen molar-refractivity contribution in [2.45, 2.75) is 19.5 Å². The van der Waals surface area contributed by atoms with Gasteiger partial charge in [0.2, 0.25) is 0 Å². The highest BCUT2D eigenvalue weighted by Crippen LogP contribution is 2.30. The summed E-state index contributed by atoms with van der Waals surface area (Å²) in [5.41, 5.74) is 1.04. The molecule has 1 heterocycles. The topological polar surface area (TPSA) is 56.8 Å². The summed E-state index contributed by atoms with van der Waals surface area (Å²) in [6, 6.07) is 5.42. The van der Waals surface area contributed by atoms with Gasteiger partial charge in [-0.2, -0.15) is 0 Å². The third-order valence-electron chi connectivity index (χ3n) is 2.77. The van der Waals surface area contributed by atoms with Crippen molar-refractivity contribution in [1.82, 2.24) is 5.32 Å². The quantitative estimate of drug-likeness (QED) is 0.812. The van der Waals surface area contributed by atoms with Crippen LogP contribution in [0.1, 0.15) is 12.5 Å². The molecule has 98 valence electrons. The molecule has 1 N–H and O–H groups in total. The van der Waals surface area contributed by atoms with Crippen LogP contribution in [0.25, 0.3) is 0 Å². The average Bonchev–Trinajstić information content (AvgIpc) is 2.43. The first kappa shape index (κ1) is 12.7. The Bertz CT molecular complexity index is 433. The molecule has 1 aliphatic heterocycles. The number of hydrogen-bond donors (Lipinski definition) is 1. The fourth-order valence-corrected chi connectivity index (χ4v) is 1.73. The molecule has 0 aliphatic carbocycles. The van der Waals surface area contributed by atoms with E-state index in [1.807, 2.05) is 18.2 Å². The number of esters is 1. The lowest BCUT2D eigenvalue weighted by Gasteiger charge is -2.19. The molecule has 0 radical (unpaired) electrons. The van der Waals surface area contributed by atoms with E-state index in [1.54, 1.807) is 6.92 Å². The number of rotatable bonds is 4. The zero-order chi connectivity index (χ0) is 13.0. The number of methoxy groups -OCH3 is 1. The predicted molar refractivity (Wildman–Crippen MR) is 65.7 cm³/mol. The van der Waals surface area contributed by atoms with E-state index in [0.717, 1.165) is 17.1 Å². The number of ether oxygens (including phenoxy) is 3. The molecule has 5 nitrogen and oxygen atoms in total. The van der Waals surface area contributed by atoms with Crippen molar-refractivity contribution in [3.8, 4) is 11.5 Å². The Morgan fingerprint density at radius 2 is 2.11 bits per heavy atom. The fraction of sp³-hybridized carbons (Fsp3) is 0.462. The van der Waals surface area contributed by atoms with Gasteiger partial charge in [-0.15, -0.1) is 0 Å². The van der Waals surface area contributed by atoms with Crippen molar-refractivity contribution in [1.29, 1.82) is 0 Å². The monoisotopic (exact) mass is 251 g/mol. The molecule has 0 aromatic heterocycles. The van der Waals surface area contributed by atoms with E-state index in [1.165, 1.54) is 7.11 Å². The Kier molecular flexibility index (Phi) is 4.04. The Morgan fingerprint density at radius 3 is 2.83 bits per heavy atom. The summed E-state index contributed by atoms with van der Waals surface area (Å²) in [6.07, 6.45) is 0. The van der Waals surface area contributed by atoms with Gasteiger partial charge in [-0.05, 0) is 24.6 Å². The predicted octanol–water partition coefficient (Wildman–Crippen LogP) is 1.11. The van der Waals surface area contributed by atoms with E-state index < -0.39 is 0 Å². The molecule has 2 rings (SSSR count). The summed E-state index contributed by atoms with van der Waals surface area (Å²) >= 11 is 0. The summed E-state index contributed by atoms with van der Waals surface area (Å²) in [5.74, 6) is 1.25. The van der Waals surface area contributed by atoms with Gasteiger partial charge < -0.3 is 19.5 Å². The molecule has 0 bridgehead atoms. The van der Waals surface area contributed by atoms with Crippen LogP contribution in [-0.4, -0.2) is 32.3 Å². The summed E-state index contributed by atoms with van der Waals surface area (Å²) < 4.78 is 15.6. The van der Waals surface area contributed by atoms with Crippen molar-refractivity contribution in [3.05, 3.63) is 23.8 Å². The van der Waals surface area contributed by atoms with Crippen LogP contribution >= 0.6 is 0 Å². The van der Waals surface area contributed by atoms with Crippen molar-refractivity contribution < 1.29 is 19.0 Å². The number of nitrogens with one attached hydrogen (secondary N) is 1. The molecule has 1 aromatic rings. The van der Waals surface area contributed by atoms with Gasteiger partial charge in [0.25, 0.3) is 0 Å². The number of benzene rings is 1. The zero-order valence-corrected chi connectivity index (χ0v) is 10.6. The molecule has 0 spiro atoms. The van der Waals surface area contributed by atoms with Crippen LogP contribution in [0, 0.1) is 0 Å². The highest BCUT2D eigenvalue weighted by Gasteiger charge is 2.14. The lowest BCUT2D eigenvalue weighted by molar-refractivity contribution is -0.142. The standard InChI is InChI=1S/C13H17NO4/c1-9(13(15)16-2)14-8-10-3-4-11-12(7-10)18-6-5-17-11/h3-4,7,9,14H,5-6,8H2,1-2H3. The van der Waals surface area contributed by atoms with Gasteiger partial charge in [-0.1, -0.05) is 6.07 Å². The van der Waals surface area contributed by atoms with Crippen LogP contribution in [0.3, 0.4) is 0 Å². The van der Waals surface area contributed by atoms with Crippen LogP contribution < -0.4 is 14.8 Å². The number of fused-ring (bicyclic) bond motifs is 1. The summed E-state index contributed by atoms with van der Waals surface area (Å²) in [4.78, 5) is 11.2. The minimum Gasteiger partial charge on any atom is -0.486 e. The molecule has 1 aliphatic rings. The van der Waals surface area contributed by atoms with E-state index in [0.29, 0.717) is 19.8 Å². The first-order chi connectivity index (χ1) is 8.70. The van der Waals surface area contributed by atoms with Gasteiger partial charge in [0.1, 0.15) is 19.3 Å². The summed E-state index contributed by atoms with van der Waals surface area (Å²) in [7, 11) is 1.38. The normalized spacial score (nSPS) is 15.0. The van der Waals surface area contributed by atoms with Crippen LogP contribution in [0.5, 0.6) is 11.5 Å². The Morgan fingerprint density at radius 1 is 1.39 bits per heavy atom. The lowest BCUT2D eigenvalue weighted by Crippen LogP contribution is -2.34. The SMILES string of the molecule is COC(=O)C(C)NCc1ccc2c(c1)OCCO2. The van der Waals surface area contributed by atoms with Gasteiger partial charge in [0.15, 0.2) is 11.5 Å². The van der Waals surface area contributed by atoms with E-state index in [2.05, 4.69) is 10.1 Å². The summed E-state index contributed by atoms with van der Waals surface area (Å²) in [6.45, 7) is 3.50. The van der Waals surface area contributed by atoms with Gasteiger partial charge in [0, 0.05) is 6.54 Å². The minimum atomic E-state index is -0.330. The Hall–Kier alpha value is -1.75. The number of carbonyl (C=O) groups excluding carboxylic acids is 1. The third kappa shape index (κ3) is 2.92. The van der Waals surface area contributed by atoms with Crippen molar-refractivity contribution in [2.75, 3.05) is 20.3 Å². The van der Waals surface area contributed by atoms with E-state index in [4.69, 9.17) is 9.47 Å². The van der Waals surface area contributed by atoms with Crippen molar-refractivity contribution in [3.63, 3.8) is 0 Å². The molecule has 0 saturated heterocycles. The van der Waals surface area contributed by atoms with Crippen molar-refractivity contribution in [2.24, 2.45) is 0 Å². The molecular weight excluding hydrogens is 234 g/mol. The summed E-state index contributed by atoms with van der Waals surface area (Å²) in [5, 5.41) is 3.09. The third-order valence-corrected chi connectivity index (χ3v) is 2.77. The fourth-order valence-electron chi connectivity index (χ4n) is 1.73. The second-order valence-electron chi connectivity index (χ2n) is 4.10. The van der Waals surface area contributed by atoms with Gasteiger partial charge >= 0.3 is 5.97 Å². The van der Waals surface area contributed by atoms with E-state index in [9.17, 15) is 4.79 Å². The smallest absolute Gasteiger partial charge is 0.322 e. The second kappa shape index (κ2) is 5.73. The first-order valence-corrected chi connectivity index (χ1v) is 5.90. The molecule has 1 unspecified atom stereocenters. The molecule has 1 atom stereocenters. The molecule has 0 amide bonds. The van der Waals surface area contributed by atoms with Crippen LogP contribution in [0.15, 0.2) is 18.2 Å². The largest absolute Gasteiger partial charge is 0.486 e. The lowest BCUT2D eigenvalue weighted by atomic mass is 10.2. The number of carbonyl (C=O) groups is 1. The highest BCUT2D eigenvalue weighted by atomic mass is 16.6. The van der Waals surface area contributed by atoms with Gasteiger partial charge in [-0.3, -0.25) is 4.79 Å². The van der Waals surface area contributed by atoms with Crippen LogP contribution in [-0.2, 0) is 16.1 Å². The molecule has 1 aromatic carbocycles. The minimum absolute atomic E-state index is 0.271. The molecule has 18 heavy (non-hydrogen) atoms. The maximum atomic E-state index is 11.2. The zero-order valence-electron chi connectivity index (χ0n) is 10.6. The second-order valence-corrected chi connectivity index (χ2v) is 4.10. The van der Waals surface area contributed by atoms with Gasteiger partial charge in [0.05, 0.1) is 7.11 Å². The first-order valence-electron chi connectivity index (χ1n) is 5.90. The van der Waals surface area contributed by atoms with Gasteiger partial charge in [-0.25, -0.2) is 0 Å². The average molecular weight is 251 g/mol. The molecule has 0 fully saturated rings. The number of hydrogen-bond acceptors (Lipinski definition) is 5. The Balaban J connectivity index is 1.96. The molecular formula is C13H17NO4. The van der Waals surface area contributed by atoms with E-state index in [-0.39, 0.29) is 12.0 Å². The van der Waals surface area contributed by atoms with Crippen molar-refractivity contribution >= 4 is 5.97 Å². The Labute approximate surface area is 106 Å².